The fourth-order valence-electron chi connectivity index (χ4n) is 2.26. The van der Waals surface area contributed by atoms with Gasteiger partial charge in [0.1, 0.15) is 11.6 Å². The molecular weight excluding hydrogens is 191 g/mol. The Morgan fingerprint density at radius 3 is 2.73 bits per heavy atom. The lowest BCUT2D eigenvalue weighted by Crippen LogP contribution is -2.25. The number of ether oxygens (including phenoxy) is 1. The van der Waals surface area contributed by atoms with Crippen LogP contribution in [-0.2, 0) is 0 Å². The predicted molar refractivity (Wildman–Crippen MR) is 58.7 cm³/mol. The molecule has 0 fully saturated rings. The highest BCUT2D eigenvalue weighted by Gasteiger charge is 2.31. The minimum atomic E-state index is -0.173. The largest absolute Gasteiger partial charge is 0.493 e. The number of hydrogen-bond donors (Lipinski definition) is 0. The second-order valence-electron chi connectivity index (χ2n) is 5.24. The Morgan fingerprint density at radius 1 is 1.33 bits per heavy atom. The van der Waals surface area contributed by atoms with Crippen molar-refractivity contribution >= 4 is 0 Å². The van der Waals surface area contributed by atoms with Crippen molar-refractivity contribution in [1.29, 1.82) is 0 Å². The molecule has 0 N–H and O–H groups in total. The van der Waals surface area contributed by atoms with E-state index in [2.05, 4.69) is 20.8 Å². The van der Waals surface area contributed by atoms with Gasteiger partial charge in [-0.25, -0.2) is 4.39 Å². The van der Waals surface area contributed by atoms with Gasteiger partial charge >= 0.3 is 0 Å². The van der Waals surface area contributed by atoms with Crippen LogP contribution in [0.25, 0.3) is 0 Å². The van der Waals surface area contributed by atoms with Gasteiger partial charge in [0.2, 0.25) is 0 Å². The minimum Gasteiger partial charge on any atom is -0.493 e. The summed E-state index contributed by atoms with van der Waals surface area (Å²) in [6.45, 7) is 7.31. The second kappa shape index (κ2) is 3.51. The van der Waals surface area contributed by atoms with Gasteiger partial charge in [-0.15, -0.1) is 0 Å². The molecule has 1 atom stereocenters. The number of hydrogen-bond acceptors (Lipinski definition) is 1. The van der Waals surface area contributed by atoms with E-state index in [1.165, 1.54) is 6.07 Å². The molecule has 1 nitrogen and oxygen atoms in total. The van der Waals surface area contributed by atoms with Gasteiger partial charge in [0, 0.05) is 5.56 Å². The van der Waals surface area contributed by atoms with Crippen LogP contribution in [0.5, 0.6) is 5.75 Å². The summed E-state index contributed by atoms with van der Waals surface area (Å²) in [5.41, 5.74) is 1.18. The van der Waals surface area contributed by atoms with Crippen molar-refractivity contribution in [2.24, 2.45) is 5.41 Å². The van der Waals surface area contributed by atoms with E-state index >= 15 is 0 Å². The average molecular weight is 208 g/mol. The molecule has 0 saturated heterocycles. The van der Waals surface area contributed by atoms with Crippen molar-refractivity contribution in [2.45, 2.75) is 33.1 Å². The summed E-state index contributed by atoms with van der Waals surface area (Å²) in [4.78, 5) is 0. The Hall–Kier alpha value is -1.05. The van der Waals surface area contributed by atoms with Gasteiger partial charge in [0.15, 0.2) is 0 Å². The summed E-state index contributed by atoms with van der Waals surface area (Å²) < 4.78 is 18.7. The van der Waals surface area contributed by atoms with E-state index in [0.717, 1.165) is 24.3 Å². The quantitative estimate of drug-likeness (QED) is 0.631. The van der Waals surface area contributed by atoms with E-state index in [0.29, 0.717) is 5.92 Å². The molecule has 1 heterocycles. The molecule has 2 rings (SSSR count). The topological polar surface area (TPSA) is 9.23 Å². The zero-order valence-corrected chi connectivity index (χ0v) is 9.51. The second-order valence-corrected chi connectivity index (χ2v) is 5.24. The Kier molecular flexibility index (Phi) is 2.45. The normalized spacial score (nSPS) is 20.7. The lowest BCUT2D eigenvalue weighted by atomic mass is 9.74. The Bertz CT molecular complexity index is 365. The molecule has 1 aliphatic rings. The van der Waals surface area contributed by atoms with E-state index in [1.54, 1.807) is 12.1 Å². The van der Waals surface area contributed by atoms with Crippen LogP contribution in [0.2, 0.25) is 0 Å². The predicted octanol–water partition coefficient (Wildman–Crippen LogP) is 3.74. The first-order valence-corrected chi connectivity index (χ1v) is 5.41. The van der Waals surface area contributed by atoms with Crippen molar-refractivity contribution in [3.05, 3.63) is 29.6 Å². The summed E-state index contributed by atoms with van der Waals surface area (Å²) in [5.74, 6) is 1.06. The molecule has 0 aliphatic carbocycles. The molecule has 0 spiro atoms. The van der Waals surface area contributed by atoms with E-state index in [1.807, 2.05) is 0 Å². The summed E-state index contributed by atoms with van der Waals surface area (Å²) >= 11 is 0. The minimum absolute atomic E-state index is 0.159. The fraction of sp³-hybridized carbons (Fsp3) is 0.538. The van der Waals surface area contributed by atoms with Gasteiger partial charge < -0.3 is 4.74 Å². The van der Waals surface area contributed by atoms with Crippen LogP contribution in [0, 0.1) is 11.2 Å². The maximum absolute atomic E-state index is 13.2. The smallest absolute Gasteiger partial charge is 0.123 e. The van der Waals surface area contributed by atoms with Gasteiger partial charge in [0.05, 0.1) is 6.61 Å². The van der Waals surface area contributed by atoms with Crippen LogP contribution in [-0.4, -0.2) is 6.61 Å². The van der Waals surface area contributed by atoms with Crippen molar-refractivity contribution in [2.75, 3.05) is 6.61 Å². The third-order valence-electron chi connectivity index (χ3n) is 3.06. The molecule has 2 heteroatoms. The molecule has 1 unspecified atom stereocenters. The van der Waals surface area contributed by atoms with Crippen molar-refractivity contribution in [1.82, 2.24) is 0 Å². The SMILES string of the molecule is CC(C)(C)C1CCOc2ccc(F)cc21. The first-order chi connectivity index (χ1) is 6.98. The van der Waals surface area contributed by atoms with Crippen LogP contribution >= 0.6 is 0 Å². The molecule has 1 aromatic carbocycles. The lowest BCUT2D eigenvalue weighted by Gasteiger charge is -2.35. The third kappa shape index (κ3) is 1.99. The molecule has 0 amide bonds. The lowest BCUT2D eigenvalue weighted by molar-refractivity contribution is 0.203. The summed E-state index contributed by atoms with van der Waals surface area (Å²) in [7, 11) is 0. The number of halogens is 1. The Balaban J connectivity index is 2.45. The maximum Gasteiger partial charge on any atom is 0.123 e. The van der Waals surface area contributed by atoms with E-state index < -0.39 is 0 Å². The third-order valence-corrected chi connectivity index (χ3v) is 3.06. The molecule has 0 aromatic heterocycles. The molecular formula is C13H17FO. The van der Waals surface area contributed by atoms with Gasteiger partial charge in [-0.2, -0.15) is 0 Å². The van der Waals surface area contributed by atoms with E-state index in [-0.39, 0.29) is 11.2 Å². The van der Waals surface area contributed by atoms with Crippen LogP contribution in [0.15, 0.2) is 18.2 Å². The molecule has 0 radical (unpaired) electrons. The average Bonchev–Trinajstić information content (AvgIpc) is 2.15. The van der Waals surface area contributed by atoms with Gasteiger partial charge in [-0.05, 0) is 36.0 Å². The summed E-state index contributed by atoms with van der Waals surface area (Å²) in [5, 5.41) is 0. The van der Waals surface area contributed by atoms with Crippen LogP contribution in [0.3, 0.4) is 0 Å². The zero-order chi connectivity index (χ0) is 11.1. The van der Waals surface area contributed by atoms with Crippen LogP contribution < -0.4 is 4.74 Å². The van der Waals surface area contributed by atoms with Crippen molar-refractivity contribution in [3.63, 3.8) is 0 Å². The molecule has 15 heavy (non-hydrogen) atoms. The highest BCUT2D eigenvalue weighted by molar-refractivity contribution is 5.39. The first-order valence-electron chi connectivity index (χ1n) is 5.41. The van der Waals surface area contributed by atoms with Gasteiger partial charge in [0.25, 0.3) is 0 Å². The van der Waals surface area contributed by atoms with E-state index in [9.17, 15) is 4.39 Å². The summed E-state index contributed by atoms with van der Waals surface area (Å²) in [6.07, 6.45) is 0.972. The number of fused-ring (bicyclic) bond motifs is 1. The highest BCUT2D eigenvalue weighted by Crippen LogP contribution is 2.44. The summed E-state index contributed by atoms with van der Waals surface area (Å²) in [6, 6.07) is 4.82. The molecule has 1 aromatic rings. The highest BCUT2D eigenvalue weighted by atomic mass is 19.1. The zero-order valence-electron chi connectivity index (χ0n) is 9.51. The molecule has 0 bridgehead atoms. The number of rotatable bonds is 0. The van der Waals surface area contributed by atoms with Gasteiger partial charge in [-0.1, -0.05) is 20.8 Å². The molecule has 0 saturated carbocycles. The van der Waals surface area contributed by atoms with Gasteiger partial charge in [-0.3, -0.25) is 0 Å². The first kappa shape index (κ1) is 10.5. The number of benzene rings is 1. The van der Waals surface area contributed by atoms with Crippen LogP contribution in [0.4, 0.5) is 4.39 Å². The molecule has 1 aliphatic heterocycles. The van der Waals surface area contributed by atoms with Crippen LogP contribution in [0.1, 0.15) is 38.7 Å². The van der Waals surface area contributed by atoms with E-state index in [4.69, 9.17) is 4.74 Å². The Morgan fingerprint density at radius 2 is 2.07 bits per heavy atom. The molecule has 82 valence electrons. The Labute approximate surface area is 90.3 Å². The van der Waals surface area contributed by atoms with Crippen molar-refractivity contribution < 1.29 is 9.13 Å². The van der Waals surface area contributed by atoms with Crippen molar-refractivity contribution in [3.8, 4) is 5.75 Å². The standard InChI is InChI=1S/C13H17FO/c1-13(2,3)11-6-7-15-12-5-4-9(14)8-10(11)12/h4-5,8,11H,6-7H2,1-3H3. The maximum atomic E-state index is 13.2. The monoisotopic (exact) mass is 208 g/mol. The fourth-order valence-corrected chi connectivity index (χ4v) is 2.26.